The van der Waals surface area contributed by atoms with E-state index in [0.717, 1.165) is 17.0 Å². The Morgan fingerprint density at radius 2 is 2.06 bits per heavy atom. The molecule has 0 fully saturated rings. The van der Waals surface area contributed by atoms with E-state index in [9.17, 15) is 4.79 Å². The van der Waals surface area contributed by atoms with Crippen LogP contribution in [0.25, 0.3) is 0 Å². The van der Waals surface area contributed by atoms with Gasteiger partial charge in [-0.25, -0.2) is 5.01 Å². The van der Waals surface area contributed by atoms with Gasteiger partial charge in [0.25, 0.3) is 0 Å². The summed E-state index contributed by atoms with van der Waals surface area (Å²) in [6.45, 7) is 1.89. The molecule has 0 radical (unpaired) electrons. The van der Waals surface area contributed by atoms with Crippen molar-refractivity contribution in [3.05, 3.63) is 47.7 Å². The number of allylic oxidation sites excluding steroid dienone is 1. The van der Waals surface area contributed by atoms with Gasteiger partial charge in [-0.15, -0.1) is 0 Å². The van der Waals surface area contributed by atoms with Crippen LogP contribution in [0.15, 0.2) is 47.2 Å². The molecule has 0 bridgehead atoms. The molecule has 4 nitrogen and oxygen atoms in total. The first-order valence-corrected chi connectivity index (χ1v) is 6.64. The zero-order valence-corrected chi connectivity index (χ0v) is 11.4. The Labute approximate surface area is 113 Å². The number of hydrazone groups is 1. The summed E-state index contributed by atoms with van der Waals surface area (Å²) in [5.41, 5.74) is 2.87. The highest BCUT2D eigenvalue weighted by atomic mass is 79.9. The highest BCUT2D eigenvalue weighted by molar-refractivity contribution is 9.10. The summed E-state index contributed by atoms with van der Waals surface area (Å²) in [7, 11) is 0. The monoisotopic (exact) mass is 305 g/mol. The number of nitrogens with one attached hydrogen (secondary N) is 1. The number of halogens is 1. The van der Waals surface area contributed by atoms with E-state index >= 15 is 0 Å². The zero-order chi connectivity index (χ0) is 12.7. The lowest BCUT2D eigenvalue weighted by Gasteiger charge is -2.30. The lowest BCUT2D eigenvalue weighted by atomic mass is 10.1. The molecule has 18 heavy (non-hydrogen) atoms. The zero-order valence-electron chi connectivity index (χ0n) is 9.80. The van der Waals surface area contributed by atoms with Crippen molar-refractivity contribution in [3.8, 4) is 0 Å². The fraction of sp³-hybridized carbons (Fsp3) is 0.231. The standard InChI is InChI=1S/C13H12BrN3O/c1-8-7-10(18)15-13-11(14)12(16-17(8)13)9-5-3-2-4-6-9/h2-7,11,13H,1H3,(H,15,18). The van der Waals surface area contributed by atoms with E-state index in [1.54, 1.807) is 6.08 Å². The van der Waals surface area contributed by atoms with E-state index in [4.69, 9.17) is 0 Å². The number of benzene rings is 1. The average Bonchev–Trinajstić information content (AvgIpc) is 2.69. The molecule has 0 spiro atoms. The van der Waals surface area contributed by atoms with Gasteiger partial charge in [0.15, 0.2) is 0 Å². The summed E-state index contributed by atoms with van der Waals surface area (Å²) in [5, 5.41) is 9.35. The molecular weight excluding hydrogens is 294 g/mol. The van der Waals surface area contributed by atoms with Crippen molar-refractivity contribution in [3.63, 3.8) is 0 Å². The molecular formula is C13H12BrN3O. The molecule has 2 aliphatic heterocycles. The van der Waals surface area contributed by atoms with Crippen LogP contribution in [-0.4, -0.2) is 27.6 Å². The van der Waals surface area contributed by atoms with Crippen LogP contribution >= 0.6 is 15.9 Å². The van der Waals surface area contributed by atoms with Crippen LogP contribution in [0, 0.1) is 0 Å². The average molecular weight is 306 g/mol. The minimum Gasteiger partial charge on any atom is -0.329 e. The number of carbonyl (C=O) groups excluding carboxylic acids is 1. The first-order chi connectivity index (χ1) is 8.66. The largest absolute Gasteiger partial charge is 0.329 e. The smallest absolute Gasteiger partial charge is 0.247 e. The molecule has 1 amide bonds. The maximum atomic E-state index is 11.5. The third-order valence-corrected chi connectivity index (χ3v) is 4.01. The van der Waals surface area contributed by atoms with Gasteiger partial charge in [-0.2, -0.15) is 5.10 Å². The molecule has 0 aromatic heterocycles. The second-order valence-corrected chi connectivity index (χ2v) is 5.32. The van der Waals surface area contributed by atoms with Crippen molar-refractivity contribution in [2.75, 3.05) is 0 Å². The second kappa shape index (κ2) is 4.24. The maximum absolute atomic E-state index is 11.5. The quantitative estimate of drug-likeness (QED) is 0.805. The number of hydrogen-bond donors (Lipinski definition) is 1. The van der Waals surface area contributed by atoms with Gasteiger partial charge in [-0.1, -0.05) is 46.3 Å². The number of rotatable bonds is 1. The summed E-state index contributed by atoms with van der Waals surface area (Å²) in [6, 6.07) is 9.98. The van der Waals surface area contributed by atoms with E-state index in [1.807, 2.05) is 42.3 Å². The van der Waals surface area contributed by atoms with Crippen LogP contribution in [0.5, 0.6) is 0 Å². The van der Waals surface area contributed by atoms with Gasteiger partial charge < -0.3 is 5.32 Å². The number of carbonyl (C=O) groups is 1. The maximum Gasteiger partial charge on any atom is 0.247 e. The summed E-state index contributed by atoms with van der Waals surface area (Å²) in [4.78, 5) is 11.5. The van der Waals surface area contributed by atoms with Crippen LogP contribution in [0.3, 0.4) is 0 Å². The van der Waals surface area contributed by atoms with Crippen LogP contribution in [-0.2, 0) is 4.79 Å². The van der Waals surface area contributed by atoms with Gasteiger partial charge in [0.1, 0.15) is 6.17 Å². The van der Waals surface area contributed by atoms with E-state index in [0.29, 0.717) is 0 Å². The van der Waals surface area contributed by atoms with Gasteiger partial charge in [0.2, 0.25) is 5.91 Å². The molecule has 3 rings (SSSR count). The van der Waals surface area contributed by atoms with Crippen LogP contribution in [0.1, 0.15) is 12.5 Å². The Morgan fingerprint density at radius 3 is 2.78 bits per heavy atom. The van der Waals surface area contributed by atoms with Crippen molar-refractivity contribution >= 4 is 27.5 Å². The van der Waals surface area contributed by atoms with Gasteiger partial charge in [-0.3, -0.25) is 4.79 Å². The van der Waals surface area contributed by atoms with Crippen molar-refractivity contribution in [2.24, 2.45) is 5.10 Å². The molecule has 5 heteroatoms. The van der Waals surface area contributed by atoms with Crippen molar-refractivity contribution in [1.82, 2.24) is 10.3 Å². The number of fused-ring (bicyclic) bond motifs is 1. The van der Waals surface area contributed by atoms with Gasteiger partial charge in [0, 0.05) is 11.8 Å². The lowest BCUT2D eigenvalue weighted by molar-refractivity contribution is -0.119. The number of hydrogen-bond acceptors (Lipinski definition) is 3. The van der Waals surface area contributed by atoms with Gasteiger partial charge in [-0.05, 0) is 12.5 Å². The minimum atomic E-state index is -0.141. The number of nitrogens with zero attached hydrogens (tertiary/aromatic N) is 2. The Morgan fingerprint density at radius 1 is 1.33 bits per heavy atom. The predicted molar refractivity (Wildman–Crippen MR) is 73.2 cm³/mol. The molecule has 0 saturated carbocycles. The third kappa shape index (κ3) is 1.75. The predicted octanol–water partition coefficient (Wildman–Crippen LogP) is 1.83. The SMILES string of the molecule is CC1=CC(=O)NC2C(Br)C(c3ccccc3)=NN12. The molecule has 0 aliphatic carbocycles. The summed E-state index contributed by atoms with van der Waals surface area (Å²) in [5.74, 6) is -0.0669. The Hall–Kier alpha value is -1.62. The van der Waals surface area contributed by atoms with Crippen molar-refractivity contribution < 1.29 is 4.79 Å². The normalized spacial score (nSPS) is 26.3. The number of amides is 1. The van der Waals surface area contributed by atoms with Crippen LogP contribution < -0.4 is 5.32 Å². The molecule has 1 N–H and O–H groups in total. The van der Waals surface area contributed by atoms with E-state index < -0.39 is 0 Å². The molecule has 92 valence electrons. The van der Waals surface area contributed by atoms with Crippen LogP contribution in [0.4, 0.5) is 0 Å². The number of alkyl halides is 1. The highest BCUT2D eigenvalue weighted by Crippen LogP contribution is 2.29. The topological polar surface area (TPSA) is 44.7 Å². The summed E-state index contributed by atoms with van der Waals surface area (Å²) in [6.07, 6.45) is 1.42. The fourth-order valence-corrected chi connectivity index (χ4v) is 2.92. The first kappa shape index (κ1) is 11.5. The van der Waals surface area contributed by atoms with E-state index in [-0.39, 0.29) is 16.9 Å². The first-order valence-electron chi connectivity index (χ1n) is 5.73. The molecule has 2 atom stereocenters. The summed E-state index contributed by atoms with van der Waals surface area (Å²) >= 11 is 3.62. The molecule has 2 unspecified atom stereocenters. The molecule has 0 saturated heterocycles. The van der Waals surface area contributed by atoms with Crippen molar-refractivity contribution in [1.29, 1.82) is 0 Å². The second-order valence-electron chi connectivity index (χ2n) is 4.34. The molecule has 1 aromatic carbocycles. The van der Waals surface area contributed by atoms with Gasteiger partial charge in [0.05, 0.1) is 10.5 Å². The molecule has 1 aromatic rings. The van der Waals surface area contributed by atoms with E-state index in [1.165, 1.54) is 0 Å². The fourth-order valence-electron chi connectivity index (χ4n) is 2.21. The Bertz CT molecular complexity index is 553. The van der Waals surface area contributed by atoms with Crippen molar-refractivity contribution in [2.45, 2.75) is 17.9 Å². The Balaban J connectivity index is 1.99. The highest BCUT2D eigenvalue weighted by Gasteiger charge is 2.39. The molecule has 2 heterocycles. The van der Waals surface area contributed by atoms with Gasteiger partial charge >= 0.3 is 0 Å². The third-order valence-electron chi connectivity index (χ3n) is 3.08. The summed E-state index contributed by atoms with van der Waals surface area (Å²) < 4.78 is 0. The van der Waals surface area contributed by atoms with Crippen LogP contribution in [0.2, 0.25) is 0 Å². The Kier molecular flexibility index (Phi) is 2.70. The van der Waals surface area contributed by atoms with E-state index in [2.05, 4.69) is 26.3 Å². The minimum absolute atomic E-state index is 0.00694. The molecule has 2 aliphatic rings. The lowest BCUT2D eigenvalue weighted by Crippen LogP contribution is -2.50.